The quantitative estimate of drug-likeness (QED) is 0.550. The number of hydrogen-bond donors (Lipinski definition) is 1. The van der Waals surface area contributed by atoms with Crippen molar-refractivity contribution in [3.63, 3.8) is 0 Å². The molecule has 150 valence electrons. The topological polar surface area (TPSA) is 71.5 Å². The minimum absolute atomic E-state index is 0.0983. The monoisotopic (exact) mass is 429 g/mol. The average Bonchev–Trinajstić information content (AvgIpc) is 3.57. The van der Waals surface area contributed by atoms with Crippen LogP contribution in [0.4, 0.5) is 4.79 Å². The van der Waals surface area contributed by atoms with Gasteiger partial charge in [-0.05, 0) is 30.5 Å². The number of pyridine rings is 1. The van der Waals surface area contributed by atoms with Gasteiger partial charge >= 0.3 is 12.0 Å². The number of hydrogen-bond acceptors (Lipinski definition) is 5. The zero-order valence-electron chi connectivity index (χ0n) is 15.8. The van der Waals surface area contributed by atoms with E-state index in [4.69, 9.17) is 16.3 Å². The third-order valence-electron chi connectivity index (χ3n) is 4.90. The Hall–Kier alpha value is -2.51. The van der Waals surface area contributed by atoms with Gasteiger partial charge in [-0.25, -0.2) is 14.6 Å². The van der Waals surface area contributed by atoms with E-state index in [9.17, 15) is 9.59 Å². The number of urea groups is 1. The minimum atomic E-state index is -0.569. The summed E-state index contributed by atoms with van der Waals surface area (Å²) < 4.78 is 5.11. The van der Waals surface area contributed by atoms with E-state index in [1.807, 2.05) is 30.3 Å². The second-order valence-corrected chi connectivity index (χ2v) is 8.20. The number of methoxy groups -OCH3 is 1. The number of nitrogens with zero attached hydrogens (tertiary/aromatic N) is 2. The third-order valence-corrected chi connectivity index (χ3v) is 6.33. The molecule has 6 nitrogen and oxygen atoms in total. The van der Waals surface area contributed by atoms with Gasteiger partial charge in [-0.15, -0.1) is 0 Å². The number of amides is 2. The van der Waals surface area contributed by atoms with Crippen LogP contribution < -0.4 is 5.32 Å². The van der Waals surface area contributed by atoms with Crippen LogP contribution in [-0.2, 0) is 9.53 Å². The van der Waals surface area contributed by atoms with Crippen LogP contribution in [0.5, 0.6) is 0 Å². The predicted octanol–water partition coefficient (Wildman–Crippen LogP) is 4.18. The number of carbonyl (C=O) groups excluding carboxylic acids is 2. The normalized spacial score (nSPS) is 19.2. The third kappa shape index (κ3) is 4.11. The van der Waals surface area contributed by atoms with Gasteiger partial charge in [0.2, 0.25) is 0 Å². The molecule has 2 heterocycles. The van der Waals surface area contributed by atoms with Gasteiger partial charge in [-0.1, -0.05) is 53.7 Å². The van der Waals surface area contributed by atoms with Crippen molar-refractivity contribution in [2.45, 2.75) is 30.0 Å². The molecule has 1 saturated carbocycles. The first-order chi connectivity index (χ1) is 14.1. The Morgan fingerprint density at radius 3 is 2.69 bits per heavy atom. The fourth-order valence-electron chi connectivity index (χ4n) is 3.41. The first-order valence-electron chi connectivity index (χ1n) is 9.29. The number of rotatable bonds is 6. The molecule has 4 rings (SSSR count). The molecule has 0 spiro atoms. The maximum Gasteiger partial charge on any atom is 0.338 e. The molecule has 29 heavy (non-hydrogen) atoms. The highest BCUT2D eigenvalue weighted by atomic mass is 35.5. The summed E-state index contributed by atoms with van der Waals surface area (Å²) >= 11 is 7.65. The molecule has 0 bridgehead atoms. The minimum Gasteiger partial charge on any atom is -0.466 e. The molecule has 1 atom stereocenters. The van der Waals surface area contributed by atoms with E-state index in [2.05, 4.69) is 10.3 Å². The largest absolute Gasteiger partial charge is 0.466 e. The summed E-state index contributed by atoms with van der Waals surface area (Å²) in [4.78, 5) is 31.8. The maximum atomic E-state index is 13.0. The van der Waals surface area contributed by atoms with Crippen LogP contribution in [-0.4, -0.2) is 40.8 Å². The SMILES string of the molecule is COC(=O)C1=C(CSc2ncccc2Cl)N(C2CC2)C(=O)NC1c1ccccc1. The summed E-state index contributed by atoms with van der Waals surface area (Å²) in [5, 5.41) is 4.18. The molecular weight excluding hydrogens is 410 g/mol. The van der Waals surface area contributed by atoms with Gasteiger partial charge in [0.1, 0.15) is 5.03 Å². The highest BCUT2D eigenvalue weighted by Crippen LogP contribution is 2.40. The molecule has 1 fully saturated rings. The molecule has 1 aliphatic carbocycles. The van der Waals surface area contributed by atoms with Gasteiger partial charge in [-0.2, -0.15) is 0 Å². The van der Waals surface area contributed by atoms with E-state index in [1.54, 1.807) is 23.2 Å². The van der Waals surface area contributed by atoms with Crippen molar-refractivity contribution in [1.29, 1.82) is 0 Å². The average molecular weight is 430 g/mol. The number of aromatic nitrogens is 1. The van der Waals surface area contributed by atoms with Gasteiger partial charge in [-0.3, -0.25) is 4.90 Å². The second kappa shape index (κ2) is 8.47. The summed E-state index contributed by atoms with van der Waals surface area (Å²) in [7, 11) is 1.36. The number of esters is 1. The smallest absolute Gasteiger partial charge is 0.338 e. The Morgan fingerprint density at radius 2 is 2.03 bits per heavy atom. The lowest BCUT2D eigenvalue weighted by atomic mass is 9.95. The number of ether oxygens (including phenoxy) is 1. The van der Waals surface area contributed by atoms with Crippen molar-refractivity contribution >= 4 is 35.4 Å². The maximum absolute atomic E-state index is 13.0. The summed E-state index contributed by atoms with van der Waals surface area (Å²) in [6.45, 7) is 0. The van der Waals surface area contributed by atoms with Crippen LogP contribution in [0, 0.1) is 0 Å². The zero-order valence-corrected chi connectivity index (χ0v) is 17.4. The van der Waals surface area contributed by atoms with Crippen LogP contribution in [0.25, 0.3) is 0 Å². The molecule has 8 heteroatoms. The number of carbonyl (C=O) groups is 2. The highest BCUT2D eigenvalue weighted by molar-refractivity contribution is 7.99. The molecule has 0 saturated heterocycles. The highest BCUT2D eigenvalue weighted by Gasteiger charge is 2.43. The van der Waals surface area contributed by atoms with Crippen LogP contribution in [0.1, 0.15) is 24.4 Å². The van der Waals surface area contributed by atoms with Crippen molar-refractivity contribution in [2.75, 3.05) is 12.9 Å². The number of thioether (sulfide) groups is 1. The molecule has 1 aromatic heterocycles. The van der Waals surface area contributed by atoms with E-state index in [-0.39, 0.29) is 12.1 Å². The molecule has 1 N–H and O–H groups in total. The van der Waals surface area contributed by atoms with Crippen LogP contribution >= 0.6 is 23.4 Å². The standard InChI is InChI=1S/C21H20ClN3O3S/c1-28-20(26)17-16(12-29-19-15(22)8-5-11-23-19)25(14-9-10-14)21(27)24-18(17)13-6-3-2-4-7-13/h2-8,11,14,18H,9-10,12H2,1H3,(H,24,27). The van der Waals surface area contributed by atoms with Crippen molar-refractivity contribution in [3.05, 3.63) is 70.5 Å². The van der Waals surface area contributed by atoms with Crippen molar-refractivity contribution in [1.82, 2.24) is 15.2 Å². The van der Waals surface area contributed by atoms with Crippen LogP contribution in [0.2, 0.25) is 5.02 Å². The van der Waals surface area contributed by atoms with Crippen molar-refractivity contribution in [2.24, 2.45) is 0 Å². The van der Waals surface area contributed by atoms with Crippen LogP contribution in [0.15, 0.2) is 65.0 Å². The van der Waals surface area contributed by atoms with E-state index in [0.29, 0.717) is 27.1 Å². The number of benzene rings is 1. The Balaban J connectivity index is 1.77. The zero-order chi connectivity index (χ0) is 20.4. The number of halogens is 1. The molecule has 1 aromatic carbocycles. The predicted molar refractivity (Wildman–Crippen MR) is 112 cm³/mol. The Kier molecular flexibility index (Phi) is 5.78. The molecular formula is C21H20ClN3O3S. The molecule has 2 amide bonds. The van der Waals surface area contributed by atoms with Gasteiger partial charge in [0.05, 0.1) is 23.7 Å². The lowest BCUT2D eigenvalue weighted by molar-refractivity contribution is -0.136. The van der Waals surface area contributed by atoms with Crippen molar-refractivity contribution < 1.29 is 14.3 Å². The Labute approximate surface area is 178 Å². The first kappa shape index (κ1) is 19.8. The second-order valence-electron chi connectivity index (χ2n) is 6.83. The number of nitrogens with one attached hydrogen (secondary N) is 1. The van der Waals surface area contributed by atoms with Gasteiger partial charge in [0, 0.05) is 23.7 Å². The molecule has 1 unspecified atom stereocenters. The summed E-state index contributed by atoms with van der Waals surface area (Å²) in [5.41, 5.74) is 1.93. The van der Waals surface area contributed by atoms with E-state index < -0.39 is 12.0 Å². The van der Waals surface area contributed by atoms with Gasteiger partial charge in [0.25, 0.3) is 0 Å². The molecule has 2 aliphatic rings. The van der Waals surface area contributed by atoms with E-state index in [0.717, 1.165) is 18.4 Å². The molecule has 0 radical (unpaired) electrons. The van der Waals surface area contributed by atoms with E-state index >= 15 is 0 Å². The van der Waals surface area contributed by atoms with Crippen LogP contribution in [0.3, 0.4) is 0 Å². The molecule has 1 aliphatic heterocycles. The molecule has 2 aromatic rings. The summed E-state index contributed by atoms with van der Waals surface area (Å²) in [5.74, 6) is -0.0683. The van der Waals surface area contributed by atoms with E-state index in [1.165, 1.54) is 18.9 Å². The van der Waals surface area contributed by atoms with Gasteiger partial charge < -0.3 is 10.1 Å². The lowest BCUT2D eigenvalue weighted by Crippen LogP contribution is -2.50. The fourth-order valence-corrected chi connectivity index (χ4v) is 4.60. The first-order valence-corrected chi connectivity index (χ1v) is 10.7. The Morgan fingerprint density at radius 1 is 1.28 bits per heavy atom. The summed E-state index contributed by atoms with van der Waals surface area (Å²) in [6, 6.07) is 12.3. The lowest BCUT2D eigenvalue weighted by Gasteiger charge is -2.36. The van der Waals surface area contributed by atoms with Crippen molar-refractivity contribution in [3.8, 4) is 0 Å². The fraction of sp³-hybridized carbons (Fsp3) is 0.286. The summed E-state index contributed by atoms with van der Waals surface area (Å²) in [6.07, 6.45) is 3.50. The Bertz CT molecular complexity index is 963. The van der Waals surface area contributed by atoms with Gasteiger partial charge in [0.15, 0.2) is 0 Å².